The van der Waals surface area contributed by atoms with Crippen molar-refractivity contribution in [2.45, 2.75) is 109 Å². The zero-order valence-electron chi connectivity index (χ0n) is 20.3. The first kappa shape index (κ1) is 24.4. The highest BCUT2D eigenvalue weighted by Crippen LogP contribution is 2.50. The molecule has 0 N–H and O–H groups in total. The van der Waals surface area contributed by atoms with Crippen molar-refractivity contribution in [2.24, 2.45) is 23.2 Å². The molecule has 2 saturated heterocycles. The van der Waals surface area contributed by atoms with Crippen LogP contribution in [0.5, 0.6) is 0 Å². The van der Waals surface area contributed by atoms with Crippen LogP contribution >= 0.6 is 0 Å². The van der Waals surface area contributed by atoms with Gasteiger partial charge < -0.3 is 23.7 Å². The first-order chi connectivity index (χ1) is 15.5. The molecule has 2 aliphatic carbocycles. The van der Waals surface area contributed by atoms with E-state index in [0.717, 1.165) is 45.0 Å². The maximum absolute atomic E-state index is 11.2. The summed E-state index contributed by atoms with van der Waals surface area (Å²) in [6.07, 6.45) is 18.9. The zero-order valence-corrected chi connectivity index (χ0v) is 20.3. The maximum atomic E-state index is 11.2. The average molecular weight is 449 g/mol. The standard InChI is InChI=1S/C27H44O5/c1-26(2)19-30-27(31-20-26)16-15-21(23(27)11-8-17-28)13-14-24(22-9-4-3-5-10-22)32-25-12-6-7-18-29-25/h13-14,17,21-25H,3-12,15-16,18-20H2,1-2H3/b14-13+. The van der Waals surface area contributed by atoms with Crippen LogP contribution in [0, 0.1) is 23.2 Å². The van der Waals surface area contributed by atoms with Crippen LogP contribution in [0.2, 0.25) is 0 Å². The Kier molecular flexibility index (Phi) is 8.47. The van der Waals surface area contributed by atoms with Crippen LogP contribution in [-0.2, 0) is 23.7 Å². The molecule has 4 fully saturated rings. The summed E-state index contributed by atoms with van der Waals surface area (Å²) in [6.45, 7) is 6.62. The lowest BCUT2D eigenvalue weighted by Gasteiger charge is -2.45. The van der Waals surface area contributed by atoms with E-state index in [2.05, 4.69) is 26.0 Å². The van der Waals surface area contributed by atoms with E-state index >= 15 is 0 Å². The Morgan fingerprint density at radius 2 is 1.75 bits per heavy atom. The Morgan fingerprint density at radius 3 is 2.44 bits per heavy atom. The Balaban J connectivity index is 1.46. The summed E-state index contributed by atoms with van der Waals surface area (Å²) >= 11 is 0. The third-order valence-electron chi connectivity index (χ3n) is 8.03. The smallest absolute Gasteiger partial charge is 0.171 e. The fraction of sp³-hybridized carbons (Fsp3) is 0.889. The van der Waals surface area contributed by atoms with Gasteiger partial charge in [0.1, 0.15) is 6.29 Å². The van der Waals surface area contributed by atoms with Crippen molar-refractivity contribution in [2.75, 3.05) is 19.8 Å². The molecule has 4 unspecified atom stereocenters. The van der Waals surface area contributed by atoms with Crippen molar-refractivity contribution in [1.82, 2.24) is 0 Å². The fourth-order valence-electron chi connectivity index (χ4n) is 6.09. The van der Waals surface area contributed by atoms with Crippen molar-refractivity contribution in [3.8, 4) is 0 Å². The summed E-state index contributed by atoms with van der Waals surface area (Å²) in [5.74, 6) is 0.634. The second-order valence-corrected chi connectivity index (χ2v) is 11.3. The van der Waals surface area contributed by atoms with E-state index in [0.29, 0.717) is 31.5 Å². The number of allylic oxidation sites excluding steroid dienone is 1. The second-order valence-electron chi connectivity index (χ2n) is 11.3. The van der Waals surface area contributed by atoms with E-state index in [9.17, 15) is 4.79 Å². The lowest BCUT2D eigenvalue weighted by atomic mass is 9.83. The van der Waals surface area contributed by atoms with Crippen LogP contribution in [0.3, 0.4) is 0 Å². The minimum atomic E-state index is -0.527. The van der Waals surface area contributed by atoms with Crippen molar-refractivity contribution in [3.63, 3.8) is 0 Å². The molecule has 0 aromatic rings. The number of hydrogen-bond donors (Lipinski definition) is 0. The van der Waals surface area contributed by atoms with Crippen LogP contribution in [0.25, 0.3) is 0 Å². The van der Waals surface area contributed by atoms with Gasteiger partial charge in [-0.25, -0.2) is 0 Å². The van der Waals surface area contributed by atoms with Crippen molar-refractivity contribution in [1.29, 1.82) is 0 Å². The Labute approximate surface area is 194 Å². The molecular weight excluding hydrogens is 404 g/mol. The Hall–Kier alpha value is -0.750. The van der Waals surface area contributed by atoms with Gasteiger partial charge in [0.25, 0.3) is 0 Å². The van der Waals surface area contributed by atoms with Gasteiger partial charge in [0.05, 0.1) is 19.3 Å². The maximum Gasteiger partial charge on any atom is 0.171 e. The normalized spacial score (nSPS) is 34.1. The molecule has 0 aromatic carbocycles. The van der Waals surface area contributed by atoms with Crippen LogP contribution in [0.1, 0.15) is 90.9 Å². The molecule has 2 aliphatic heterocycles. The number of carbonyl (C=O) groups is 1. The quantitative estimate of drug-likeness (QED) is 0.346. The van der Waals surface area contributed by atoms with Crippen LogP contribution in [-0.4, -0.2) is 44.3 Å². The molecule has 0 amide bonds. The molecule has 0 aromatic heterocycles. The molecule has 4 rings (SSSR count). The lowest BCUT2D eigenvalue weighted by Crippen LogP contribution is -2.50. The van der Waals surface area contributed by atoms with Crippen molar-refractivity contribution >= 4 is 6.29 Å². The molecule has 5 nitrogen and oxygen atoms in total. The average Bonchev–Trinajstić information content (AvgIpc) is 3.15. The number of carbonyl (C=O) groups excluding carboxylic acids is 1. The summed E-state index contributed by atoms with van der Waals surface area (Å²) in [7, 11) is 0. The molecule has 0 radical (unpaired) electrons. The highest BCUT2D eigenvalue weighted by molar-refractivity contribution is 5.49. The first-order valence-corrected chi connectivity index (χ1v) is 13.2. The van der Waals surface area contributed by atoms with E-state index in [-0.39, 0.29) is 23.7 Å². The largest absolute Gasteiger partial charge is 0.353 e. The lowest BCUT2D eigenvalue weighted by molar-refractivity contribution is -0.316. The predicted octanol–water partition coefficient (Wildman–Crippen LogP) is 5.81. The third kappa shape index (κ3) is 6.02. The van der Waals surface area contributed by atoms with Crippen LogP contribution in [0.15, 0.2) is 12.2 Å². The first-order valence-electron chi connectivity index (χ1n) is 13.2. The van der Waals surface area contributed by atoms with Gasteiger partial charge in [0.2, 0.25) is 0 Å². The molecular formula is C27H44O5. The molecule has 32 heavy (non-hydrogen) atoms. The van der Waals surface area contributed by atoms with Crippen LogP contribution in [0.4, 0.5) is 0 Å². The molecule has 2 saturated carbocycles. The minimum absolute atomic E-state index is 0.0499. The van der Waals surface area contributed by atoms with E-state index < -0.39 is 5.79 Å². The molecule has 4 atom stereocenters. The Morgan fingerprint density at radius 1 is 1.00 bits per heavy atom. The number of ether oxygens (including phenoxy) is 4. The molecule has 4 aliphatic rings. The number of rotatable bonds is 8. The van der Waals surface area contributed by atoms with Gasteiger partial charge >= 0.3 is 0 Å². The van der Waals surface area contributed by atoms with E-state index in [1.54, 1.807) is 0 Å². The van der Waals surface area contributed by atoms with Crippen LogP contribution < -0.4 is 0 Å². The molecule has 2 heterocycles. The van der Waals surface area contributed by atoms with Crippen molar-refractivity contribution in [3.05, 3.63) is 12.2 Å². The van der Waals surface area contributed by atoms with Gasteiger partial charge in [-0.15, -0.1) is 0 Å². The SMILES string of the molecule is CC1(C)COC2(CCC(/C=C/C(OC3CCCCO3)C3CCCCC3)C2CCC=O)OC1. The summed E-state index contributed by atoms with van der Waals surface area (Å²) in [4.78, 5) is 11.2. The molecule has 182 valence electrons. The minimum Gasteiger partial charge on any atom is -0.353 e. The third-order valence-corrected chi connectivity index (χ3v) is 8.03. The van der Waals surface area contributed by atoms with Gasteiger partial charge in [-0.1, -0.05) is 45.3 Å². The topological polar surface area (TPSA) is 54.0 Å². The second kappa shape index (κ2) is 11.1. The monoisotopic (exact) mass is 448 g/mol. The van der Waals surface area contributed by atoms with E-state index in [4.69, 9.17) is 18.9 Å². The summed E-state index contributed by atoms with van der Waals surface area (Å²) in [6, 6.07) is 0. The molecule has 0 bridgehead atoms. The highest BCUT2D eigenvalue weighted by Gasteiger charge is 2.52. The number of aldehydes is 1. The Bertz CT molecular complexity index is 608. The zero-order chi connectivity index (χ0) is 22.4. The fourth-order valence-corrected chi connectivity index (χ4v) is 6.09. The van der Waals surface area contributed by atoms with Gasteiger partial charge in [-0.2, -0.15) is 0 Å². The van der Waals surface area contributed by atoms with Gasteiger partial charge in [-0.05, 0) is 56.8 Å². The van der Waals surface area contributed by atoms with Crippen molar-refractivity contribution < 1.29 is 23.7 Å². The van der Waals surface area contributed by atoms with E-state index in [1.165, 1.54) is 38.5 Å². The predicted molar refractivity (Wildman–Crippen MR) is 124 cm³/mol. The van der Waals surface area contributed by atoms with Gasteiger partial charge in [0, 0.05) is 30.8 Å². The highest BCUT2D eigenvalue weighted by atomic mass is 16.7. The van der Waals surface area contributed by atoms with E-state index in [1.807, 2.05) is 0 Å². The summed E-state index contributed by atoms with van der Waals surface area (Å²) in [5.41, 5.74) is 0.0499. The number of hydrogen-bond acceptors (Lipinski definition) is 5. The molecule has 5 heteroatoms. The van der Waals surface area contributed by atoms with Gasteiger partial charge in [0.15, 0.2) is 12.1 Å². The molecule has 1 spiro atoms. The summed E-state index contributed by atoms with van der Waals surface area (Å²) in [5, 5.41) is 0. The summed E-state index contributed by atoms with van der Waals surface area (Å²) < 4.78 is 25.3. The van der Waals surface area contributed by atoms with Gasteiger partial charge in [-0.3, -0.25) is 0 Å².